The van der Waals surface area contributed by atoms with E-state index in [0.717, 1.165) is 25.7 Å². The summed E-state index contributed by atoms with van der Waals surface area (Å²) in [6.07, 6.45) is 6.67. The van der Waals surface area contributed by atoms with Crippen molar-refractivity contribution >= 4 is 6.09 Å². The molecule has 0 spiro atoms. The van der Waals surface area contributed by atoms with Crippen molar-refractivity contribution in [3.8, 4) is 0 Å². The van der Waals surface area contributed by atoms with Gasteiger partial charge < -0.3 is 15.0 Å². The number of hydrogen-bond donors (Lipinski definition) is 1. The number of amides is 1. The van der Waals surface area contributed by atoms with Crippen molar-refractivity contribution in [3.05, 3.63) is 0 Å². The Kier molecular flexibility index (Phi) is 4.66. The predicted octanol–water partition coefficient (Wildman–Crippen LogP) is 2.14. The third-order valence-electron chi connectivity index (χ3n) is 3.82. The summed E-state index contributed by atoms with van der Waals surface area (Å²) >= 11 is 0. The van der Waals surface area contributed by atoms with Crippen LogP contribution in [0.4, 0.5) is 4.79 Å². The van der Waals surface area contributed by atoms with Crippen LogP contribution in [0, 0.1) is 0 Å². The van der Waals surface area contributed by atoms with Gasteiger partial charge in [0.1, 0.15) is 0 Å². The molecular formula is C13H24N2O2. The number of ether oxygens (including phenoxy) is 1. The number of carbonyl (C=O) groups is 1. The minimum absolute atomic E-state index is 0.233. The summed E-state index contributed by atoms with van der Waals surface area (Å²) in [6, 6.07) is 1.05. The predicted molar refractivity (Wildman–Crippen MR) is 67.0 cm³/mol. The maximum absolute atomic E-state index is 11.4. The molecule has 0 aromatic rings. The first-order valence-corrected chi connectivity index (χ1v) is 6.97. The second-order valence-electron chi connectivity index (χ2n) is 5.20. The molecule has 0 bridgehead atoms. The first-order valence-electron chi connectivity index (χ1n) is 6.97. The summed E-state index contributed by atoms with van der Waals surface area (Å²) in [5.41, 5.74) is 0. The lowest BCUT2D eigenvalue weighted by Gasteiger charge is -2.41. The number of hydrogen-bond acceptors (Lipinski definition) is 3. The number of carbonyl (C=O) groups excluding carboxylic acids is 1. The molecule has 2 fully saturated rings. The lowest BCUT2D eigenvalue weighted by molar-refractivity contribution is 0.100. The van der Waals surface area contributed by atoms with Crippen LogP contribution in [0.2, 0.25) is 0 Å². The van der Waals surface area contributed by atoms with Crippen LogP contribution >= 0.6 is 0 Å². The zero-order valence-corrected chi connectivity index (χ0v) is 10.8. The van der Waals surface area contributed by atoms with E-state index in [9.17, 15) is 4.79 Å². The van der Waals surface area contributed by atoms with Crippen LogP contribution in [0.5, 0.6) is 0 Å². The van der Waals surface area contributed by atoms with Gasteiger partial charge in [-0.15, -0.1) is 0 Å². The highest BCUT2D eigenvalue weighted by Gasteiger charge is 2.35. The fourth-order valence-corrected chi connectivity index (χ4v) is 2.63. The van der Waals surface area contributed by atoms with Gasteiger partial charge in [0.15, 0.2) is 0 Å². The molecule has 0 radical (unpaired) electrons. The lowest BCUT2D eigenvalue weighted by Crippen LogP contribution is -2.53. The fourth-order valence-electron chi connectivity index (χ4n) is 2.63. The second kappa shape index (κ2) is 6.24. The molecule has 1 N–H and O–H groups in total. The van der Waals surface area contributed by atoms with Gasteiger partial charge in [-0.2, -0.15) is 0 Å². The molecule has 1 saturated heterocycles. The van der Waals surface area contributed by atoms with Crippen molar-refractivity contribution in [3.63, 3.8) is 0 Å². The monoisotopic (exact) mass is 240 g/mol. The van der Waals surface area contributed by atoms with Crippen LogP contribution in [-0.4, -0.2) is 42.8 Å². The number of likely N-dealkylation sites (tertiary alicyclic amines) is 1. The van der Waals surface area contributed by atoms with Gasteiger partial charge in [0, 0.05) is 12.1 Å². The number of nitrogens with one attached hydrogen (secondary N) is 1. The van der Waals surface area contributed by atoms with Crippen molar-refractivity contribution in [1.29, 1.82) is 0 Å². The summed E-state index contributed by atoms with van der Waals surface area (Å²) in [4.78, 5) is 14.0. The van der Waals surface area contributed by atoms with E-state index in [1.54, 1.807) is 0 Å². The zero-order chi connectivity index (χ0) is 12.1. The Morgan fingerprint density at radius 2 is 2.06 bits per heavy atom. The molecule has 1 aliphatic heterocycles. The van der Waals surface area contributed by atoms with E-state index in [2.05, 4.69) is 17.1 Å². The number of nitrogens with zero attached hydrogens (tertiary/aromatic N) is 1. The molecule has 4 nitrogen and oxygen atoms in total. The lowest BCUT2D eigenvalue weighted by atomic mass is 9.86. The van der Waals surface area contributed by atoms with Gasteiger partial charge in [0.25, 0.3) is 0 Å². The van der Waals surface area contributed by atoms with Gasteiger partial charge in [-0.1, -0.05) is 13.3 Å². The van der Waals surface area contributed by atoms with Crippen molar-refractivity contribution < 1.29 is 9.53 Å². The molecule has 0 aromatic carbocycles. The van der Waals surface area contributed by atoms with Crippen molar-refractivity contribution in [1.82, 2.24) is 10.2 Å². The van der Waals surface area contributed by atoms with E-state index in [4.69, 9.17) is 4.74 Å². The quantitative estimate of drug-likeness (QED) is 0.749. The molecule has 17 heavy (non-hydrogen) atoms. The first-order chi connectivity index (χ1) is 8.29. The molecule has 1 aliphatic carbocycles. The molecule has 4 heteroatoms. The molecule has 1 saturated carbocycles. The third kappa shape index (κ3) is 3.60. The van der Waals surface area contributed by atoms with Crippen LogP contribution in [0.25, 0.3) is 0 Å². The van der Waals surface area contributed by atoms with Crippen molar-refractivity contribution in [2.75, 3.05) is 19.7 Å². The van der Waals surface area contributed by atoms with Crippen molar-refractivity contribution in [2.45, 2.75) is 57.5 Å². The minimum atomic E-state index is -0.233. The van der Waals surface area contributed by atoms with Gasteiger partial charge in [-0.25, -0.2) is 4.79 Å². The Hall–Kier alpha value is -0.770. The van der Waals surface area contributed by atoms with Crippen LogP contribution in [0.1, 0.15) is 45.4 Å². The van der Waals surface area contributed by atoms with E-state index in [0.29, 0.717) is 18.7 Å². The molecule has 2 rings (SSSR count). The van der Waals surface area contributed by atoms with Gasteiger partial charge in [-0.3, -0.25) is 0 Å². The summed E-state index contributed by atoms with van der Waals surface area (Å²) in [5, 5.41) is 2.94. The highest BCUT2D eigenvalue weighted by Crippen LogP contribution is 2.28. The zero-order valence-electron chi connectivity index (χ0n) is 10.8. The second-order valence-corrected chi connectivity index (χ2v) is 5.20. The molecule has 0 aromatic heterocycles. The Labute approximate surface area is 104 Å². The van der Waals surface area contributed by atoms with Gasteiger partial charge in [-0.05, 0) is 45.2 Å². The summed E-state index contributed by atoms with van der Waals surface area (Å²) in [7, 11) is 0. The Balaban J connectivity index is 1.55. The maximum Gasteiger partial charge on any atom is 0.407 e. The SMILES string of the molecule is CCCCOC(=O)NC1CC(N2CCCC2)C1. The van der Waals surface area contributed by atoms with Crippen LogP contribution in [-0.2, 0) is 4.74 Å². The van der Waals surface area contributed by atoms with Crippen LogP contribution in [0.15, 0.2) is 0 Å². The minimum Gasteiger partial charge on any atom is -0.450 e. The Bertz CT molecular complexity index is 246. The molecule has 0 atom stereocenters. The summed E-state index contributed by atoms with van der Waals surface area (Å²) in [6.45, 7) is 5.13. The van der Waals surface area contributed by atoms with Crippen LogP contribution in [0.3, 0.4) is 0 Å². The van der Waals surface area contributed by atoms with E-state index in [-0.39, 0.29) is 6.09 Å². The smallest absolute Gasteiger partial charge is 0.407 e. The van der Waals surface area contributed by atoms with Gasteiger partial charge >= 0.3 is 6.09 Å². The number of unbranched alkanes of at least 4 members (excludes halogenated alkanes) is 1. The summed E-state index contributed by atoms with van der Waals surface area (Å²) < 4.78 is 5.09. The maximum atomic E-state index is 11.4. The normalized spacial score (nSPS) is 28.8. The molecule has 2 aliphatic rings. The molecule has 0 unspecified atom stereocenters. The Morgan fingerprint density at radius 1 is 1.35 bits per heavy atom. The van der Waals surface area contributed by atoms with E-state index in [1.807, 2.05) is 0 Å². The standard InChI is InChI=1S/C13H24N2O2/c1-2-3-8-17-13(16)14-11-9-12(10-11)15-6-4-5-7-15/h11-12H,2-10H2,1H3,(H,14,16). The first kappa shape index (κ1) is 12.7. The summed E-state index contributed by atoms with van der Waals surface area (Å²) in [5.74, 6) is 0. The average molecular weight is 240 g/mol. The van der Waals surface area contributed by atoms with E-state index in [1.165, 1.54) is 25.9 Å². The molecular weight excluding hydrogens is 216 g/mol. The highest BCUT2D eigenvalue weighted by atomic mass is 16.5. The van der Waals surface area contributed by atoms with E-state index >= 15 is 0 Å². The topological polar surface area (TPSA) is 41.6 Å². The molecule has 1 heterocycles. The van der Waals surface area contributed by atoms with Crippen LogP contribution < -0.4 is 5.32 Å². The largest absolute Gasteiger partial charge is 0.450 e. The molecule has 1 amide bonds. The van der Waals surface area contributed by atoms with Crippen molar-refractivity contribution in [2.24, 2.45) is 0 Å². The fraction of sp³-hybridized carbons (Fsp3) is 0.923. The molecule has 98 valence electrons. The highest BCUT2D eigenvalue weighted by molar-refractivity contribution is 5.67. The average Bonchev–Trinajstić information content (AvgIpc) is 2.76. The van der Waals surface area contributed by atoms with Gasteiger partial charge in [0.2, 0.25) is 0 Å². The van der Waals surface area contributed by atoms with E-state index < -0.39 is 0 Å². The van der Waals surface area contributed by atoms with Gasteiger partial charge in [0.05, 0.1) is 6.61 Å². The third-order valence-corrected chi connectivity index (χ3v) is 3.82. The Morgan fingerprint density at radius 3 is 2.71 bits per heavy atom. The number of rotatable bonds is 5. The number of alkyl carbamates (subject to hydrolysis) is 1.